The number of pyridine rings is 2. The second-order valence-electron chi connectivity index (χ2n) is 5.27. The SMILES string of the molecule is Nc1[nH]nc2nc(-c3ccncc3)cc(-c3cccc(N=O)c3)c12. The Morgan fingerprint density at radius 1 is 1.04 bits per heavy atom. The summed E-state index contributed by atoms with van der Waals surface area (Å²) in [7, 11) is 0. The molecule has 3 N–H and O–H groups in total. The van der Waals surface area contributed by atoms with E-state index in [9.17, 15) is 4.91 Å². The van der Waals surface area contributed by atoms with Crippen molar-refractivity contribution in [3.05, 3.63) is 59.8 Å². The zero-order valence-electron chi connectivity index (χ0n) is 12.5. The highest BCUT2D eigenvalue weighted by atomic mass is 16.3. The molecule has 0 spiro atoms. The van der Waals surface area contributed by atoms with Crippen LogP contribution in [0, 0.1) is 4.91 Å². The molecule has 1 aromatic carbocycles. The predicted octanol–water partition coefficient (Wildman–Crippen LogP) is 3.67. The van der Waals surface area contributed by atoms with E-state index in [2.05, 4.69) is 25.3 Å². The highest BCUT2D eigenvalue weighted by Crippen LogP contribution is 2.35. The first kappa shape index (κ1) is 14.0. The van der Waals surface area contributed by atoms with Crippen LogP contribution in [0.15, 0.2) is 60.0 Å². The fraction of sp³-hybridized carbons (Fsp3) is 0. The quantitative estimate of drug-likeness (QED) is 0.560. The van der Waals surface area contributed by atoms with E-state index >= 15 is 0 Å². The first-order chi connectivity index (χ1) is 11.8. The summed E-state index contributed by atoms with van der Waals surface area (Å²) in [6, 6.07) is 12.7. The van der Waals surface area contributed by atoms with Crippen LogP contribution in [0.3, 0.4) is 0 Å². The molecular weight excluding hydrogens is 304 g/mol. The van der Waals surface area contributed by atoms with Gasteiger partial charge in [0.05, 0.1) is 11.1 Å². The molecule has 3 heterocycles. The zero-order valence-corrected chi connectivity index (χ0v) is 12.5. The number of anilines is 1. The third kappa shape index (κ3) is 2.28. The number of fused-ring (bicyclic) bond motifs is 1. The van der Waals surface area contributed by atoms with Gasteiger partial charge in [-0.2, -0.15) is 5.10 Å². The summed E-state index contributed by atoms with van der Waals surface area (Å²) < 4.78 is 0. The van der Waals surface area contributed by atoms with E-state index < -0.39 is 0 Å². The van der Waals surface area contributed by atoms with Gasteiger partial charge < -0.3 is 5.73 Å². The second kappa shape index (κ2) is 5.54. The van der Waals surface area contributed by atoms with E-state index in [0.29, 0.717) is 17.2 Å². The monoisotopic (exact) mass is 316 g/mol. The molecule has 7 heteroatoms. The summed E-state index contributed by atoms with van der Waals surface area (Å²) >= 11 is 0. The molecule has 0 saturated heterocycles. The molecule has 0 saturated carbocycles. The number of nitroso groups, excluding NO2 is 1. The lowest BCUT2D eigenvalue weighted by atomic mass is 10.00. The summed E-state index contributed by atoms with van der Waals surface area (Å²) in [5.41, 5.74) is 10.2. The molecule has 0 unspecified atom stereocenters. The number of hydrogen-bond acceptors (Lipinski definition) is 6. The van der Waals surface area contributed by atoms with Crippen LogP contribution in [0.2, 0.25) is 0 Å². The number of H-pyrrole nitrogens is 1. The van der Waals surface area contributed by atoms with Crippen molar-refractivity contribution in [2.45, 2.75) is 0 Å². The summed E-state index contributed by atoms with van der Waals surface area (Å²) in [5.74, 6) is 0.429. The van der Waals surface area contributed by atoms with E-state index in [1.807, 2.05) is 24.3 Å². The van der Waals surface area contributed by atoms with Crippen molar-refractivity contribution < 1.29 is 0 Å². The minimum atomic E-state index is 0.352. The van der Waals surface area contributed by atoms with E-state index in [4.69, 9.17) is 5.73 Å². The Labute approximate surface area is 136 Å². The lowest BCUT2D eigenvalue weighted by Gasteiger charge is -2.08. The summed E-state index contributed by atoms with van der Waals surface area (Å²) in [6.45, 7) is 0. The maximum Gasteiger partial charge on any atom is 0.184 e. The summed E-state index contributed by atoms with van der Waals surface area (Å²) in [6.07, 6.45) is 3.41. The Morgan fingerprint density at radius 2 is 1.88 bits per heavy atom. The lowest BCUT2D eigenvalue weighted by molar-refractivity contribution is 1.10. The van der Waals surface area contributed by atoms with E-state index in [0.717, 1.165) is 27.8 Å². The Morgan fingerprint density at radius 3 is 2.67 bits per heavy atom. The fourth-order valence-corrected chi connectivity index (χ4v) is 2.68. The lowest BCUT2D eigenvalue weighted by Crippen LogP contribution is -1.91. The van der Waals surface area contributed by atoms with Crippen molar-refractivity contribution in [3.8, 4) is 22.4 Å². The fourth-order valence-electron chi connectivity index (χ4n) is 2.68. The third-order valence-electron chi connectivity index (χ3n) is 3.79. The maximum absolute atomic E-state index is 10.8. The average Bonchev–Trinajstić information content (AvgIpc) is 3.03. The smallest absolute Gasteiger partial charge is 0.184 e. The minimum Gasteiger partial charge on any atom is -0.383 e. The second-order valence-corrected chi connectivity index (χ2v) is 5.27. The third-order valence-corrected chi connectivity index (χ3v) is 3.79. The summed E-state index contributed by atoms with van der Waals surface area (Å²) in [4.78, 5) is 19.4. The van der Waals surface area contributed by atoms with Gasteiger partial charge in [0.1, 0.15) is 11.5 Å². The standard InChI is InChI=1S/C17H12N6O/c18-16-15-13(11-2-1-3-12(8-11)23-24)9-14(20-17(15)22-21-16)10-4-6-19-7-5-10/h1-9H,(H3,18,20,21,22). The molecule has 7 nitrogen and oxygen atoms in total. The van der Waals surface area contributed by atoms with E-state index in [1.165, 1.54) is 0 Å². The van der Waals surface area contributed by atoms with Gasteiger partial charge in [-0.15, -0.1) is 4.91 Å². The highest BCUT2D eigenvalue weighted by Gasteiger charge is 2.14. The van der Waals surface area contributed by atoms with E-state index in [-0.39, 0.29) is 0 Å². The van der Waals surface area contributed by atoms with Gasteiger partial charge in [0.15, 0.2) is 5.65 Å². The van der Waals surface area contributed by atoms with Crippen molar-refractivity contribution in [2.24, 2.45) is 5.18 Å². The zero-order chi connectivity index (χ0) is 16.5. The van der Waals surface area contributed by atoms with Crippen LogP contribution in [0.4, 0.5) is 11.5 Å². The van der Waals surface area contributed by atoms with E-state index in [1.54, 1.807) is 30.6 Å². The van der Waals surface area contributed by atoms with Gasteiger partial charge in [0, 0.05) is 18.0 Å². The topological polar surface area (TPSA) is 110 Å². The molecule has 0 atom stereocenters. The van der Waals surface area contributed by atoms with Crippen LogP contribution in [0.5, 0.6) is 0 Å². The number of nitrogens with zero attached hydrogens (tertiary/aromatic N) is 4. The molecule has 0 radical (unpaired) electrons. The van der Waals surface area contributed by atoms with Gasteiger partial charge in [0.25, 0.3) is 0 Å². The Hall–Kier alpha value is -3.61. The Balaban J connectivity index is 2.02. The molecule has 116 valence electrons. The molecule has 0 bridgehead atoms. The van der Waals surface area contributed by atoms with Crippen LogP contribution in [0.1, 0.15) is 0 Å². The molecule has 3 aromatic heterocycles. The molecule has 0 aliphatic rings. The number of nitrogens with two attached hydrogens (primary N) is 1. The molecule has 0 fully saturated rings. The van der Waals surface area contributed by atoms with Gasteiger partial charge in [-0.3, -0.25) is 10.1 Å². The maximum atomic E-state index is 10.8. The molecule has 24 heavy (non-hydrogen) atoms. The molecule has 0 amide bonds. The van der Waals surface area contributed by atoms with Crippen LogP contribution < -0.4 is 5.73 Å². The number of nitrogens with one attached hydrogen (secondary N) is 1. The van der Waals surface area contributed by atoms with Gasteiger partial charge in [-0.1, -0.05) is 12.1 Å². The first-order valence-corrected chi connectivity index (χ1v) is 7.25. The van der Waals surface area contributed by atoms with Crippen molar-refractivity contribution in [1.82, 2.24) is 20.2 Å². The van der Waals surface area contributed by atoms with Gasteiger partial charge in [-0.05, 0) is 46.6 Å². The summed E-state index contributed by atoms with van der Waals surface area (Å²) in [5, 5.41) is 10.7. The number of aromatic nitrogens is 4. The number of hydrogen-bond donors (Lipinski definition) is 2. The molecule has 0 aliphatic heterocycles. The van der Waals surface area contributed by atoms with Crippen molar-refractivity contribution >= 4 is 22.5 Å². The van der Waals surface area contributed by atoms with Crippen molar-refractivity contribution in [1.29, 1.82) is 0 Å². The first-order valence-electron chi connectivity index (χ1n) is 7.25. The molecule has 0 aliphatic carbocycles. The van der Waals surface area contributed by atoms with Crippen LogP contribution >= 0.6 is 0 Å². The number of rotatable bonds is 3. The molecule has 4 aromatic rings. The van der Waals surface area contributed by atoms with Gasteiger partial charge in [0.2, 0.25) is 0 Å². The van der Waals surface area contributed by atoms with Gasteiger partial charge in [-0.25, -0.2) is 4.98 Å². The van der Waals surface area contributed by atoms with Crippen molar-refractivity contribution in [2.75, 3.05) is 5.73 Å². The largest absolute Gasteiger partial charge is 0.383 e. The Kier molecular flexibility index (Phi) is 3.24. The number of benzene rings is 1. The normalized spacial score (nSPS) is 10.8. The number of aromatic amines is 1. The van der Waals surface area contributed by atoms with Crippen molar-refractivity contribution in [3.63, 3.8) is 0 Å². The molecular formula is C17H12N6O. The molecule has 4 rings (SSSR count). The minimum absolute atomic E-state index is 0.352. The predicted molar refractivity (Wildman–Crippen MR) is 92.4 cm³/mol. The van der Waals surface area contributed by atoms with Crippen LogP contribution in [-0.2, 0) is 0 Å². The number of nitrogen functional groups attached to an aromatic ring is 1. The highest BCUT2D eigenvalue weighted by molar-refractivity contribution is 6.01. The van der Waals surface area contributed by atoms with Crippen LogP contribution in [0.25, 0.3) is 33.4 Å². The van der Waals surface area contributed by atoms with Crippen LogP contribution in [-0.4, -0.2) is 20.2 Å². The Bertz CT molecular complexity index is 1040. The average molecular weight is 316 g/mol. The van der Waals surface area contributed by atoms with Gasteiger partial charge >= 0.3 is 0 Å².